The van der Waals surface area contributed by atoms with Gasteiger partial charge in [0.2, 0.25) is 0 Å². The van der Waals surface area contributed by atoms with E-state index in [2.05, 4.69) is 10.3 Å². The molecule has 0 bridgehead atoms. The Morgan fingerprint density at radius 2 is 1.80 bits per heavy atom. The molecule has 0 atom stereocenters. The molecule has 3 rings (SSSR count). The second-order valence-electron chi connectivity index (χ2n) is 4.74. The first-order chi connectivity index (χ1) is 12.0. The molecule has 0 unspecified atom stereocenters. The molecular weight excluding hydrogens is 365 g/mol. The lowest BCUT2D eigenvalue weighted by Gasteiger charge is -1.98. The summed E-state index contributed by atoms with van der Waals surface area (Å²) in [6.07, 6.45) is 0. The SMILES string of the molecule is N#Cc1sc(NC(=O)c2ccc(C(=O)O)s2)nc1-c1ccc(F)cc1. The summed E-state index contributed by atoms with van der Waals surface area (Å²) in [7, 11) is 0. The van der Waals surface area contributed by atoms with Crippen molar-refractivity contribution in [1.82, 2.24) is 4.98 Å². The number of carbonyl (C=O) groups is 2. The summed E-state index contributed by atoms with van der Waals surface area (Å²) in [5.74, 6) is -2.02. The first kappa shape index (κ1) is 16.8. The van der Waals surface area contributed by atoms with Gasteiger partial charge in [0, 0.05) is 5.56 Å². The highest BCUT2D eigenvalue weighted by Crippen LogP contribution is 2.31. The van der Waals surface area contributed by atoms with Crippen LogP contribution in [0.2, 0.25) is 0 Å². The van der Waals surface area contributed by atoms with Gasteiger partial charge < -0.3 is 5.11 Å². The Hall–Kier alpha value is -3.09. The molecule has 0 radical (unpaired) electrons. The zero-order valence-corrected chi connectivity index (χ0v) is 13.9. The van der Waals surface area contributed by atoms with Crippen LogP contribution in [-0.4, -0.2) is 22.0 Å². The highest BCUT2D eigenvalue weighted by molar-refractivity contribution is 7.17. The number of nitriles is 1. The quantitative estimate of drug-likeness (QED) is 0.723. The lowest BCUT2D eigenvalue weighted by atomic mass is 10.1. The number of aromatic nitrogens is 1. The van der Waals surface area contributed by atoms with Crippen LogP contribution in [0, 0.1) is 17.1 Å². The number of amides is 1. The maximum absolute atomic E-state index is 13.0. The van der Waals surface area contributed by atoms with E-state index in [0.717, 1.165) is 22.7 Å². The van der Waals surface area contributed by atoms with Gasteiger partial charge in [-0.3, -0.25) is 10.1 Å². The summed E-state index contributed by atoms with van der Waals surface area (Å²) in [4.78, 5) is 27.8. The topological polar surface area (TPSA) is 103 Å². The number of halogens is 1. The number of carbonyl (C=O) groups excluding carboxylic acids is 1. The van der Waals surface area contributed by atoms with Crippen LogP contribution in [-0.2, 0) is 0 Å². The fourth-order valence-corrected chi connectivity index (χ4v) is 3.51. The van der Waals surface area contributed by atoms with Crippen LogP contribution >= 0.6 is 22.7 Å². The fraction of sp³-hybridized carbons (Fsp3) is 0. The summed E-state index contributed by atoms with van der Waals surface area (Å²) >= 11 is 1.83. The van der Waals surface area contributed by atoms with E-state index in [-0.39, 0.29) is 19.8 Å². The molecule has 2 aromatic heterocycles. The van der Waals surface area contributed by atoms with Crippen LogP contribution in [0.1, 0.15) is 24.2 Å². The predicted octanol–water partition coefficient (Wildman–Crippen LogP) is 3.83. The minimum Gasteiger partial charge on any atom is -0.477 e. The van der Waals surface area contributed by atoms with Crippen LogP contribution in [0.15, 0.2) is 36.4 Å². The van der Waals surface area contributed by atoms with Gasteiger partial charge in [0.15, 0.2) is 5.13 Å². The van der Waals surface area contributed by atoms with Gasteiger partial charge in [0.1, 0.15) is 27.3 Å². The number of benzene rings is 1. The number of carboxylic acid groups (broad SMARTS) is 1. The number of thiazole rings is 1. The summed E-state index contributed by atoms with van der Waals surface area (Å²) in [5.41, 5.74) is 0.902. The first-order valence-corrected chi connectivity index (χ1v) is 8.42. The second kappa shape index (κ2) is 6.80. The van der Waals surface area contributed by atoms with Crippen LogP contribution in [0.25, 0.3) is 11.3 Å². The molecule has 0 aliphatic carbocycles. The van der Waals surface area contributed by atoms with E-state index < -0.39 is 17.7 Å². The number of thiophene rings is 1. The van der Waals surface area contributed by atoms with E-state index in [1.807, 2.05) is 6.07 Å². The lowest BCUT2D eigenvalue weighted by molar-refractivity contribution is 0.0702. The van der Waals surface area contributed by atoms with Gasteiger partial charge in [0.05, 0.1) is 4.88 Å². The molecule has 0 aliphatic heterocycles. The molecule has 0 aliphatic rings. The Kier molecular flexibility index (Phi) is 4.56. The molecule has 3 aromatic rings. The van der Waals surface area contributed by atoms with Gasteiger partial charge in [0.25, 0.3) is 5.91 Å². The Morgan fingerprint density at radius 3 is 2.40 bits per heavy atom. The maximum Gasteiger partial charge on any atom is 0.345 e. The molecule has 6 nitrogen and oxygen atoms in total. The number of nitrogens with one attached hydrogen (secondary N) is 1. The number of carboxylic acids is 1. The molecule has 2 N–H and O–H groups in total. The lowest BCUT2D eigenvalue weighted by Crippen LogP contribution is -2.09. The molecule has 2 heterocycles. The van der Waals surface area contributed by atoms with E-state index >= 15 is 0 Å². The Bertz CT molecular complexity index is 1000. The summed E-state index contributed by atoms with van der Waals surface area (Å²) in [6, 6.07) is 10.2. The van der Waals surface area contributed by atoms with E-state index in [4.69, 9.17) is 5.11 Å². The molecule has 0 spiro atoms. The van der Waals surface area contributed by atoms with Gasteiger partial charge >= 0.3 is 5.97 Å². The van der Waals surface area contributed by atoms with Crippen molar-refractivity contribution < 1.29 is 19.1 Å². The van der Waals surface area contributed by atoms with Gasteiger partial charge in [-0.25, -0.2) is 14.2 Å². The third-order valence-corrected chi connectivity index (χ3v) is 5.05. The Balaban J connectivity index is 1.86. The zero-order chi connectivity index (χ0) is 18.0. The highest BCUT2D eigenvalue weighted by atomic mass is 32.1. The van der Waals surface area contributed by atoms with E-state index in [0.29, 0.717) is 11.3 Å². The van der Waals surface area contributed by atoms with E-state index in [1.54, 1.807) is 0 Å². The van der Waals surface area contributed by atoms with Crippen molar-refractivity contribution in [2.45, 2.75) is 0 Å². The Morgan fingerprint density at radius 1 is 1.12 bits per heavy atom. The van der Waals surface area contributed by atoms with Gasteiger partial charge in [-0.15, -0.1) is 11.3 Å². The van der Waals surface area contributed by atoms with Crippen molar-refractivity contribution >= 4 is 39.7 Å². The molecule has 0 saturated heterocycles. The maximum atomic E-state index is 13.0. The van der Waals surface area contributed by atoms with Gasteiger partial charge in [-0.2, -0.15) is 5.26 Å². The summed E-state index contributed by atoms with van der Waals surface area (Å²) < 4.78 is 13.0. The van der Waals surface area contributed by atoms with E-state index in [1.165, 1.54) is 36.4 Å². The van der Waals surface area contributed by atoms with Crippen molar-refractivity contribution in [3.05, 3.63) is 56.8 Å². The number of aromatic carboxylic acids is 1. The van der Waals surface area contributed by atoms with Gasteiger partial charge in [-0.1, -0.05) is 11.3 Å². The van der Waals surface area contributed by atoms with Crippen molar-refractivity contribution in [1.29, 1.82) is 5.26 Å². The van der Waals surface area contributed by atoms with Crippen LogP contribution < -0.4 is 5.32 Å². The number of anilines is 1. The summed E-state index contributed by atoms with van der Waals surface area (Å²) in [6.45, 7) is 0. The van der Waals surface area contributed by atoms with Crippen LogP contribution in [0.4, 0.5) is 9.52 Å². The van der Waals surface area contributed by atoms with Crippen molar-refractivity contribution in [2.75, 3.05) is 5.32 Å². The van der Waals surface area contributed by atoms with Crippen molar-refractivity contribution in [3.63, 3.8) is 0 Å². The van der Waals surface area contributed by atoms with Crippen molar-refractivity contribution in [3.8, 4) is 17.3 Å². The molecule has 0 fully saturated rings. The zero-order valence-electron chi connectivity index (χ0n) is 12.3. The van der Waals surface area contributed by atoms with Crippen molar-refractivity contribution in [2.24, 2.45) is 0 Å². The third-order valence-electron chi connectivity index (χ3n) is 3.11. The second-order valence-corrected chi connectivity index (χ2v) is 6.82. The minimum atomic E-state index is -1.11. The molecular formula is C16H8FN3O3S2. The Labute approximate surface area is 148 Å². The molecule has 25 heavy (non-hydrogen) atoms. The number of nitrogens with zero attached hydrogens (tertiary/aromatic N) is 2. The van der Waals surface area contributed by atoms with Gasteiger partial charge in [-0.05, 0) is 36.4 Å². The largest absolute Gasteiger partial charge is 0.477 e. The minimum absolute atomic E-state index is 0.0500. The molecule has 124 valence electrons. The smallest absolute Gasteiger partial charge is 0.345 e. The van der Waals surface area contributed by atoms with E-state index in [9.17, 15) is 19.2 Å². The average Bonchev–Trinajstić information content (AvgIpc) is 3.22. The highest BCUT2D eigenvalue weighted by Gasteiger charge is 2.17. The van der Waals surface area contributed by atoms with Crippen LogP contribution in [0.3, 0.4) is 0 Å². The standard InChI is InChI=1S/C16H8FN3O3S2/c17-9-3-1-8(2-4-9)13-12(7-18)25-16(19-13)20-14(21)10-5-6-11(24-10)15(22)23/h1-6H,(H,22,23)(H,19,20,21). The fourth-order valence-electron chi connectivity index (χ4n) is 1.99. The molecule has 1 amide bonds. The monoisotopic (exact) mass is 373 g/mol. The predicted molar refractivity (Wildman–Crippen MR) is 91.5 cm³/mol. The first-order valence-electron chi connectivity index (χ1n) is 6.79. The number of hydrogen-bond acceptors (Lipinski definition) is 6. The summed E-state index contributed by atoms with van der Waals surface area (Å²) in [5, 5.41) is 20.9. The van der Waals surface area contributed by atoms with Crippen LogP contribution in [0.5, 0.6) is 0 Å². The third kappa shape index (κ3) is 3.55. The molecule has 9 heteroatoms. The normalized spacial score (nSPS) is 10.2. The number of rotatable bonds is 4. The average molecular weight is 373 g/mol. The number of hydrogen-bond donors (Lipinski definition) is 2. The molecule has 0 saturated carbocycles. The molecule has 1 aromatic carbocycles.